The Kier molecular flexibility index (Phi) is 8.37. The zero-order valence-electron chi connectivity index (χ0n) is 27.9. The number of benzene rings is 4. The molecule has 0 unspecified atom stereocenters. The molecule has 3 N–H and O–H groups in total. The highest BCUT2D eigenvalue weighted by Crippen LogP contribution is 2.65. The van der Waals surface area contributed by atoms with E-state index in [1.165, 1.54) is 18.1 Å². The van der Waals surface area contributed by atoms with Gasteiger partial charge in [0.15, 0.2) is 11.5 Å². The first kappa shape index (κ1) is 34.9. The van der Waals surface area contributed by atoms with Gasteiger partial charge in [0.2, 0.25) is 23.6 Å². The van der Waals surface area contributed by atoms with Crippen LogP contribution in [0.4, 0.5) is 11.4 Å². The molecule has 4 aromatic rings. The minimum absolute atomic E-state index is 0.0292. The van der Waals surface area contributed by atoms with Crippen LogP contribution in [0.1, 0.15) is 40.2 Å². The van der Waals surface area contributed by atoms with Crippen molar-refractivity contribution in [3.05, 3.63) is 122 Å². The zero-order valence-corrected chi connectivity index (χ0v) is 30.8. The van der Waals surface area contributed by atoms with Crippen molar-refractivity contribution in [3.8, 4) is 17.2 Å². The van der Waals surface area contributed by atoms with Gasteiger partial charge in [-0.1, -0.05) is 59.6 Å². The summed E-state index contributed by atoms with van der Waals surface area (Å²) in [5.74, 6) is -8.18. The van der Waals surface area contributed by atoms with Gasteiger partial charge in [0.25, 0.3) is 0 Å². The number of ether oxygens (including phenoxy) is 1. The van der Waals surface area contributed by atoms with E-state index in [0.717, 1.165) is 17.0 Å². The molecule has 0 bridgehead atoms. The molecule has 8 rings (SSSR count). The molecule has 53 heavy (non-hydrogen) atoms. The maximum absolute atomic E-state index is 15.4. The third kappa shape index (κ3) is 5.02. The van der Waals surface area contributed by atoms with Crippen LogP contribution in [0.2, 0.25) is 5.02 Å². The lowest BCUT2D eigenvalue weighted by Crippen LogP contribution is -2.53. The number of hydrogen-bond donors (Lipinski definition) is 3. The van der Waals surface area contributed by atoms with Crippen molar-refractivity contribution in [1.82, 2.24) is 0 Å². The Morgan fingerprint density at radius 1 is 0.868 bits per heavy atom. The van der Waals surface area contributed by atoms with E-state index in [9.17, 15) is 34.5 Å². The van der Waals surface area contributed by atoms with E-state index in [1.807, 2.05) is 46.9 Å². The van der Waals surface area contributed by atoms with Gasteiger partial charge in [0.1, 0.15) is 11.3 Å². The highest BCUT2D eigenvalue weighted by atomic mass is 127. The Balaban J connectivity index is 1.35. The molecule has 0 radical (unpaired) electrons. The van der Waals surface area contributed by atoms with Gasteiger partial charge in [-0.05, 0) is 94.9 Å². The number of halogens is 2. The number of aromatic carboxylic acids is 1. The summed E-state index contributed by atoms with van der Waals surface area (Å²) < 4.78 is 6.02. The first-order chi connectivity index (χ1) is 25.4. The molecule has 2 aliphatic carbocycles. The highest BCUT2D eigenvalue weighted by molar-refractivity contribution is 14.1. The maximum Gasteiger partial charge on any atom is 0.339 e. The summed E-state index contributed by atoms with van der Waals surface area (Å²) in [6.45, 7) is 0. The van der Waals surface area contributed by atoms with Crippen LogP contribution in [0.3, 0.4) is 0 Å². The van der Waals surface area contributed by atoms with E-state index >= 15 is 4.79 Å². The molecule has 2 saturated heterocycles. The molecule has 1 saturated carbocycles. The van der Waals surface area contributed by atoms with Crippen LogP contribution < -0.4 is 14.5 Å². The maximum atomic E-state index is 15.4. The number of nitrogens with zero attached hydrogens (tertiary/aromatic N) is 2. The van der Waals surface area contributed by atoms with Crippen LogP contribution >= 0.6 is 34.2 Å². The minimum atomic E-state index is -1.52. The number of allylic oxidation sites excluding steroid dienone is 2. The quantitative estimate of drug-likeness (QED) is 0.113. The third-order valence-corrected chi connectivity index (χ3v) is 12.3. The Bertz CT molecular complexity index is 2310. The van der Waals surface area contributed by atoms with Crippen LogP contribution in [0.15, 0.2) is 96.6 Å². The minimum Gasteiger partial charge on any atom is -0.507 e. The molecule has 4 aliphatic rings. The van der Waals surface area contributed by atoms with Gasteiger partial charge in [-0.25, -0.2) is 14.6 Å². The van der Waals surface area contributed by atoms with Crippen molar-refractivity contribution in [2.45, 2.75) is 24.2 Å². The first-order valence-corrected chi connectivity index (χ1v) is 18.3. The van der Waals surface area contributed by atoms with E-state index in [2.05, 4.69) is 0 Å². The number of carboxylic acids is 1. The number of methoxy groups -OCH3 is 1. The van der Waals surface area contributed by atoms with E-state index in [1.54, 1.807) is 48.5 Å². The van der Waals surface area contributed by atoms with Crippen molar-refractivity contribution in [2.75, 3.05) is 16.9 Å². The average Bonchev–Trinajstić information content (AvgIpc) is 3.53. The number of aromatic hydroxyl groups is 2. The van der Waals surface area contributed by atoms with E-state index in [4.69, 9.17) is 16.3 Å². The number of imide groups is 2. The molecule has 0 spiro atoms. The fourth-order valence-electron chi connectivity index (χ4n) is 9.13. The van der Waals surface area contributed by atoms with Crippen molar-refractivity contribution in [3.63, 3.8) is 0 Å². The van der Waals surface area contributed by atoms with Crippen LogP contribution in [-0.4, -0.2) is 52.0 Å². The number of carbonyl (C=O) groups is 5. The normalized spacial score (nSPS) is 26.2. The number of carbonyl (C=O) groups excluding carboxylic acids is 4. The van der Waals surface area contributed by atoms with Crippen molar-refractivity contribution in [1.29, 1.82) is 0 Å². The summed E-state index contributed by atoms with van der Waals surface area (Å²) in [6.07, 6.45) is 2.11. The predicted molar refractivity (Wildman–Crippen MR) is 201 cm³/mol. The molecular weight excluding hydrogens is 815 g/mol. The van der Waals surface area contributed by atoms with E-state index in [0.29, 0.717) is 31.0 Å². The SMILES string of the molecule is COc1cc([C@H]2C3=CC[C@@H]4C(=O)N(c5ccc(C(=O)O)c(O)c5)C(=O)[C@@H]4[C@@H]3C[C@H]3C(=O)N(c4cccc(Cl)c4)C(=O)[C@@]23c2ccccc2)cc(I)c1O. The molecule has 11 nitrogen and oxygen atoms in total. The summed E-state index contributed by atoms with van der Waals surface area (Å²) in [7, 11) is 1.42. The van der Waals surface area contributed by atoms with Crippen molar-refractivity contribution < 1.29 is 44.0 Å². The Morgan fingerprint density at radius 3 is 2.28 bits per heavy atom. The highest BCUT2D eigenvalue weighted by Gasteiger charge is 2.70. The van der Waals surface area contributed by atoms with Crippen LogP contribution in [0, 0.1) is 27.2 Å². The smallest absolute Gasteiger partial charge is 0.339 e. The number of phenolic OH excluding ortho intramolecular Hbond substituents is 1. The van der Waals surface area contributed by atoms with Crippen molar-refractivity contribution in [2.24, 2.45) is 23.7 Å². The zero-order chi connectivity index (χ0) is 37.5. The molecule has 6 atom stereocenters. The van der Waals surface area contributed by atoms with Crippen molar-refractivity contribution >= 4 is 75.2 Å². The number of amides is 4. The number of fused-ring (bicyclic) bond motifs is 4. The Hall–Kier alpha value is -5.21. The molecule has 2 heterocycles. The van der Waals surface area contributed by atoms with Crippen LogP contribution in [0.5, 0.6) is 17.2 Å². The molecule has 4 amide bonds. The lowest BCUT2D eigenvalue weighted by atomic mass is 9.49. The summed E-state index contributed by atoms with van der Waals surface area (Å²) in [6, 6.07) is 22.5. The van der Waals surface area contributed by atoms with Crippen LogP contribution in [0.25, 0.3) is 0 Å². The molecular formula is C40H30ClIN2O9. The molecule has 13 heteroatoms. The van der Waals surface area contributed by atoms with Gasteiger partial charge in [0, 0.05) is 17.0 Å². The van der Waals surface area contributed by atoms with E-state index < -0.39 is 70.4 Å². The lowest BCUT2D eigenvalue weighted by molar-refractivity contribution is -0.127. The number of anilines is 2. The topological polar surface area (TPSA) is 162 Å². The van der Waals surface area contributed by atoms with Gasteiger partial charge in [-0.3, -0.25) is 19.2 Å². The third-order valence-electron chi connectivity index (χ3n) is 11.2. The molecule has 0 aromatic heterocycles. The summed E-state index contributed by atoms with van der Waals surface area (Å²) in [4.78, 5) is 72.7. The number of carboxylic acid groups (broad SMARTS) is 1. The predicted octanol–water partition coefficient (Wildman–Crippen LogP) is 6.43. The standard InChI is InChI=1S/C40H30ClIN2O9/c1-53-31-15-19(14-29(42)34(31)46)33-24-12-13-26-32(37(49)43(35(26)47)23-10-11-25(38(50)51)30(45)17-23)27(24)18-28-36(48)44(22-9-5-8-21(41)16-22)39(52)40(28,33)20-6-3-2-4-7-20/h2-12,14-17,26-28,32-33,45-46H,13,18H2,1H3,(H,50,51)/t26-,27+,28-,32-,33-,40+/m0/s1. The summed E-state index contributed by atoms with van der Waals surface area (Å²) in [5, 5.41) is 31.1. The summed E-state index contributed by atoms with van der Waals surface area (Å²) in [5.41, 5.74) is 0.290. The monoisotopic (exact) mass is 844 g/mol. The Labute approximate surface area is 321 Å². The second-order valence-corrected chi connectivity index (χ2v) is 15.3. The van der Waals surface area contributed by atoms with Gasteiger partial charge < -0.3 is 20.1 Å². The number of hydrogen-bond acceptors (Lipinski definition) is 8. The molecule has 268 valence electrons. The largest absolute Gasteiger partial charge is 0.507 e. The molecule has 4 aromatic carbocycles. The van der Waals surface area contributed by atoms with Gasteiger partial charge in [-0.2, -0.15) is 0 Å². The lowest BCUT2D eigenvalue weighted by Gasteiger charge is -2.50. The second-order valence-electron chi connectivity index (χ2n) is 13.7. The molecule has 2 aliphatic heterocycles. The first-order valence-electron chi connectivity index (χ1n) is 16.8. The number of phenols is 2. The van der Waals surface area contributed by atoms with Gasteiger partial charge >= 0.3 is 5.97 Å². The van der Waals surface area contributed by atoms with Gasteiger partial charge in [-0.15, -0.1) is 0 Å². The fourth-order valence-corrected chi connectivity index (χ4v) is 9.94. The Morgan fingerprint density at radius 2 is 1.60 bits per heavy atom. The van der Waals surface area contributed by atoms with Crippen LogP contribution in [-0.2, 0) is 24.6 Å². The van der Waals surface area contributed by atoms with E-state index in [-0.39, 0.29) is 35.6 Å². The number of rotatable bonds is 6. The second kappa shape index (κ2) is 12.7. The van der Waals surface area contributed by atoms with Gasteiger partial charge in [0.05, 0.1) is 45.2 Å². The average molecular weight is 845 g/mol. The molecule has 3 fully saturated rings. The summed E-state index contributed by atoms with van der Waals surface area (Å²) >= 11 is 8.37. The fraction of sp³-hybridized carbons (Fsp3) is 0.225.